The minimum atomic E-state index is -0.205. The van der Waals surface area contributed by atoms with Gasteiger partial charge in [-0.2, -0.15) is 15.0 Å². The Hall–Kier alpha value is -2.85. The first-order chi connectivity index (χ1) is 31.5. The molecule has 0 aliphatic carbocycles. The third kappa shape index (κ3) is 14.3. The second-order valence-electron chi connectivity index (χ2n) is 29.8. The minimum Gasteiger partial charge on any atom is -0.341 e. The highest BCUT2D eigenvalue weighted by atomic mass is 16.2. The molecule has 6 heterocycles. The Morgan fingerprint density at radius 1 is 0.371 bits per heavy atom. The maximum Gasteiger partial charge on any atom is 0.233 e. The molecule has 15 nitrogen and oxygen atoms in total. The van der Waals surface area contributed by atoms with E-state index in [1.165, 1.54) is 0 Å². The van der Waals surface area contributed by atoms with Gasteiger partial charge in [-0.1, -0.05) is 0 Å². The molecule has 0 atom stereocenters. The van der Waals surface area contributed by atoms with Gasteiger partial charge in [0.05, 0.1) is 13.3 Å². The summed E-state index contributed by atoms with van der Waals surface area (Å²) in [5.41, 5.74) is -1.75. The van der Waals surface area contributed by atoms with E-state index in [1.807, 2.05) is 0 Å². The van der Waals surface area contributed by atoms with E-state index in [-0.39, 0.29) is 97.4 Å². The van der Waals surface area contributed by atoms with Crippen LogP contribution in [0.3, 0.4) is 0 Å². The van der Waals surface area contributed by atoms with Gasteiger partial charge < -0.3 is 51.1 Å². The Labute approximate surface area is 426 Å². The highest BCUT2D eigenvalue weighted by Crippen LogP contribution is 2.41. The Bertz CT molecular complexity index is 1860. The number of anilines is 3. The van der Waals surface area contributed by atoms with Gasteiger partial charge in [-0.05, 0) is 203 Å². The highest BCUT2D eigenvalue weighted by molar-refractivity contribution is 5.74. The fourth-order valence-electron chi connectivity index (χ4n) is 15.4. The minimum absolute atomic E-state index is 0.00468. The quantitative estimate of drug-likeness (QED) is 0.129. The Morgan fingerprint density at radius 3 is 0.800 bits per heavy atom. The number of carbonyl (C=O) groups is 2. The molecule has 70 heavy (non-hydrogen) atoms. The summed E-state index contributed by atoms with van der Waals surface area (Å²) in [6.45, 7) is 49.7. The molecule has 0 aromatic carbocycles. The lowest BCUT2D eigenvalue weighted by Gasteiger charge is -2.53. The molecule has 15 heteroatoms. The van der Waals surface area contributed by atoms with Crippen molar-refractivity contribution in [1.29, 1.82) is 0 Å². The van der Waals surface area contributed by atoms with E-state index in [4.69, 9.17) is 15.0 Å². The molecule has 0 bridgehead atoms. The van der Waals surface area contributed by atoms with E-state index in [0.29, 0.717) is 31.2 Å². The van der Waals surface area contributed by atoms with Crippen LogP contribution >= 0.6 is 0 Å². The molecule has 0 saturated carbocycles. The van der Waals surface area contributed by atoms with Crippen LogP contribution in [0.15, 0.2) is 0 Å². The number of piperidine rings is 5. The monoisotopic (exact) mass is 978 g/mol. The Balaban J connectivity index is 1.61. The molecule has 0 spiro atoms. The van der Waals surface area contributed by atoms with E-state index in [1.54, 1.807) is 13.8 Å². The maximum absolute atomic E-state index is 14.3. The number of aromatic nitrogens is 3. The van der Waals surface area contributed by atoms with Gasteiger partial charge in [0.2, 0.25) is 29.7 Å². The van der Waals surface area contributed by atoms with Crippen molar-refractivity contribution in [1.82, 2.24) is 51.3 Å². The number of rotatable bonds is 12. The second kappa shape index (κ2) is 18.8. The Kier molecular flexibility index (Phi) is 15.2. The molecule has 5 aliphatic rings. The zero-order valence-corrected chi connectivity index (χ0v) is 48.8. The van der Waals surface area contributed by atoms with Crippen molar-refractivity contribution >= 4 is 29.7 Å². The second-order valence-corrected chi connectivity index (χ2v) is 29.8. The van der Waals surface area contributed by atoms with Crippen molar-refractivity contribution in [2.45, 2.75) is 302 Å². The van der Waals surface area contributed by atoms with Crippen LogP contribution in [-0.2, 0) is 9.59 Å². The summed E-state index contributed by atoms with van der Waals surface area (Å²) in [4.78, 5) is 57.0. The summed E-state index contributed by atoms with van der Waals surface area (Å²) in [5, 5.41) is 19.5. The summed E-state index contributed by atoms with van der Waals surface area (Å²) < 4.78 is 0. The molecule has 0 radical (unpaired) electrons. The van der Waals surface area contributed by atoms with Crippen molar-refractivity contribution in [2.24, 2.45) is 0 Å². The van der Waals surface area contributed by atoms with Gasteiger partial charge in [0, 0.05) is 106 Å². The van der Waals surface area contributed by atoms with Crippen molar-refractivity contribution in [3.63, 3.8) is 0 Å². The number of hydrogen-bond donors (Lipinski definition) is 5. The molecule has 5 saturated heterocycles. The summed E-state index contributed by atoms with van der Waals surface area (Å²) in [7, 11) is 2.16. The summed E-state index contributed by atoms with van der Waals surface area (Å²) >= 11 is 0. The van der Waals surface area contributed by atoms with Gasteiger partial charge in [-0.25, -0.2) is 0 Å². The standard InChI is InChI=1S/C55H103N13O2/c1-36(69)65(39-26-48(7,8)60-49(9,10)27-39)34-67(41-30-52(15,16)62-53(17,18)31-41)44-56-43(64(23)38-24-46(3,4)59-47(5,6)25-38)57-45(58-44)68(42-32-54(19,20)63-55(21,22)33-42)35-66(37(2)70)40-28-50(11,12)61-51(13,14)29-40/h38-42,59-63H,24-35H2,1-23H3. The first-order valence-electron chi connectivity index (χ1n) is 27.0. The van der Waals surface area contributed by atoms with Crippen molar-refractivity contribution in [3.05, 3.63) is 0 Å². The van der Waals surface area contributed by atoms with Crippen LogP contribution in [0.2, 0.25) is 0 Å². The maximum atomic E-state index is 14.3. The van der Waals surface area contributed by atoms with E-state index in [2.05, 4.69) is 197 Å². The molecule has 2 amide bonds. The molecule has 5 aliphatic heterocycles. The van der Waals surface area contributed by atoms with E-state index in [9.17, 15) is 9.59 Å². The van der Waals surface area contributed by atoms with E-state index < -0.39 is 0 Å². The molecular formula is C55H103N13O2. The first-order valence-corrected chi connectivity index (χ1v) is 27.0. The van der Waals surface area contributed by atoms with Crippen LogP contribution in [-0.4, -0.2) is 143 Å². The van der Waals surface area contributed by atoms with Gasteiger partial charge in [0.1, 0.15) is 0 Å². The van der Waals surface area contributed by atoms with Crippen LogP contribution in [0.1, 0.15) is 217 Å². The zero-order valence-electron chi connectivity index (χ0n) is 48.8. The van der Waals surface area contributed by atoms with Crippen molar-refractivity contribution in [2.75, 3.05) is 35.1 Å². The smallest absolute Gasteiger partial charge is 0.233 e. The van der Waals surface area contributed by atoms with Gasteiger partial charge >= 0.3 is 0 Å². The lowest BCUT2D eigenvalue weighted by molar-refractivity contribution is -0.134. The first kappa shape index (κ1) is 56.4. The van der Waals surface area contributed by atoms with Crippen LogP contribution in [0.5, 0.6) is 0 Å². The predicted molar refractivity (Wildman–Crippen MR) is 290 cm³/mol. The average Bonchev–Trinajstić information content (AvgIpc) is 3.08. The molecule has 400 valence electrons. The number of hydrogen-bond acceptors (Lipinski definition) is 13. The van der Waals surface area contributed by atoms with Gasteiger partial charge in [-0.15, -0.1) is 0 Å². The van der Waals surface area contributed by atoms with Crippen molar-refractivity contribution < 1.29 is 9.59 Å². The lowest BCUT2D eigenvalue weighted by atomic mass is 9.78. The molecule has 5 fully saturated rings. The number of nitrogens with zero attached hydrogens (tertiary/aromatic N) is 8. The molecule has 6 rings (SSSR count). The molecule has 1 aromatic rings. The molecule has 5 N–H and O–H groups in total. The van der Waals surface area contributed by atoms with E-state index in [0.717, 1.165) is 64.2 Å². The third-order valence-electron chi connectivity index (χ3n) is 16.0. The van der Waals surface area contributed by atoms with E-state index >= 15 is 0 Å². The van der Waals surface area contributed by atoms with Gasteiger partial charge in [0.15, 0.2) is 0 Å². The van der Waals surface area contributed by atoms with Crippen LogP contribution < -0.4 is 41.3 Å². The molecule has 1 aromatic heterocycles. The number of amides is 2. The fraction of sp³-hybridized carbons (Fsp3) is 0.909. The lowest BCUT2D eigenvalue weighted by Crippen LogP contribution is -2.66. The third-order valence-corrected chi connectivity index (χ3v) is 16.0. The number of nitrogens with one attached hydrogen (secondary N) is 5. The van der Waals surface area contributed by atoms with Crippen LogP contribution in [0.25, 0.3) is 0 Å². The largest absolute Gasteiger partial charge is 0.341 e. The number of carbonyl (C=O) groups excluding carboxylic acids is 2. The van der Waals surface area contributed by atoms with Crippen LogP contribution in [0, 0.1) is 0 Å². The van der Waals surface area contributed by atoms with Gasteiger partial charge in [0.25, 0.3) is 0 Å². The SMILES string of the molecule is CC(=O)N(CN(c1nc(N(C)C2CC(C)(C)NC(C)(C)C2)nc(N(CN(C(C)=O)C2CC(C)(C)NC(C)(C)C2)C2CC(C)(C)NC(C)(C)C2)n1)C1CC(C)(C)NC(C)(C)C1)C1CC(C)(C)NC(C)(C)C1. The fourth-order valence-corrected chi connectivity index (χ4v) is 15.4. The summed E-state index contributed by atoms with van der Waals surface area (Å²) in [6, 6.07) is 0.0914. The van der Waals surface area contributed by atoms with Crippen LogP contribution in [0.4, 0.5) is 17.8 Å². The topological polar surface area (TPSA) is 149 Å². The summed E-state index contributed by atoms with van der Waals surface area (Å²) in [6.07, 6.45) is 8.42. The zero-order chi connectivity index (χ0) is 52.8. The molecule has 0 unspecified atom stereocenters. The van der Waals surface area contributed by atoms with Gasteiger partial charge in [-0.3, -0.25) is 9.59 Å². The average molecular weight is 979 g/mol. The predicted octanol–water partition coefficient (Wildman–Crippen LogP) is 8.08. The normalized spacial score (nSPS) is 27.0. The molecular weight excluding hydrogens is 875 g/mol. The highest BCUT2D eigenvalue weighted by Gasteiger charge is 2.48. The Morgan fingerprint density at radius 2 is 0.571 bits per heavy atom. The summed E-state index contributed by atoms with van der Waals surface area (Å²) in [5.74, 6) is 1.87. The van der Waals surface area contributed by atoms with Crippen molar-refractivity contribution in [3.8, 4) is 0 Å².